The number of carboxylic acid groups (broad SMARTS) is 1. The van der Waals surface area contributed by atoms with E-state index in [-0.39, 0.29) is 6.42 Å². The van der Waals surface area contributed by atoms with Crippen LogP contribution in [0.4, 0.5) is 0 Å². The second-order valence-corrected chi connectivity index (χ2v) is 7.59. The molecule has 0 aromatic carbocycles. The highest BCUT2D eigenvalue weighted by Gasteiger charge is 2.42. The van der Waals surface area contributed by atoms with Gasteiger partial charge in [0.25, 0.3) is 0 Å². The molecule has 0 aromatic heterocycles. The largest absolute Gasteiger partial charge is 0.479 e. The number of methoxy groups -OCH3 is 1. The Morgan fingerprint density at radius 1 is 1.26 bits per heavy atom. The van der Waals surface area contributed by atoms with Crippen LogP contribution in [-0.4, -0.2) is 44.2 Å². The second kappa shape index (κ2) is 8.11. The Morgan fingerprint density at radius 3 is 2.16 bits per heavy atom. The molecule has 0 aliphatic rings. The third kappa shape index (κ3) is 6.69. The van der Waals surface area contributed by atoms with Crippen molar-refractivity contribution in [3.05, 3.63) is 0 Å². The van der Waals surface area contributed by atoms with Gasteiger partial charge in [0.05, 0.1) is 6.10 Å². The van der Waals surface area contributed by atoms with E-state index in [1.54, 1.807) is 0 Å². The Bertz CT molecular complexity index is 291. The second-order valence-electron chi connectivity index (χ2n) is 4.40. The zero-order chi connectivity index (χ0) is 15.3. The highest BCUT2D eigenvalue weighted by molar-refractivity contribution is 6.62. The average molecular weight is 356 g/mol. The quantitative estimate of drug-likeness (QED) is 0.491. The fourth-order valence-corrected chi connectivity index (χ4v) is 1.95. The van der Waals surface area contributed by atoms with E-state index in [0.717, 1.165) is 0 Å². The number of carbonyl (C=O) groups is 1. The summed E-state index contributed by atoms with van der Waals surface area (Å²) in [4.78, 5) is 10.7. The van der Waals surface area contributed by atoms with Gasteiger partial charge in [-0.3, -0.25) is 0 Å². The standard InChI is InChI=1S/C11H18Cl4O4/c1-10(12,13)11(14,15)6-4-3-5-7(16)8(19-2)9(17)18/h7-8,16H,3-6H2,1-2H3,(H,17,18)/t7-,8-/m1/s1. The van der Waals surface area contributed by atoms with Crippen LogP contribution in [0.1, 0.15) is 32.6 Å². The highest BCUT2D eigenvalue weighted by atomic mass is 35.5. The van der Waals surface area contributed by atoms with E-state index in [1.807, 2.05) is 0 Å². The van der Waals surface area contributed by atoms with E-state index >= 15 is 0 Å². The van der Waals surface area contributed by atoms with Crippen LogP contribution in [0, 0.1) is 0 Å². The molecule has 0 rings (SSSR count). The maximum Gasteiger partial charge on any atom is 0.335 e. The lowest BCUT2D eigenvalue weighted by atomic mass is 10.0. The molecule has 114 valence electrons. The highest BCUT2D eigenvalue weighted by Crippen LogP contribution is 2.45. The van der Waals surface area contributed by atoms with Crippen LogP contribution >= 0.6 is 46.4 Å². The summed E-state index contributed by atoms with van der Waals surface area (Å²) in [6.45, 7) is 1.50. The Hall–Kier alpha value is 0.550. The van der Waals surface area contributed by atoms with Crippen molar-refractivity contribution in [1.82, 2.24) is 0 Å². The molecule has 0 fully saturated rings. The van der Waals surface area contributed by atoms with Crippen LogP contribution in [0.2, 0.25) is 0 Å². The van der Waals surface area contributed by atoms with Gasteiger partial charge in [0.15, 0.2) is 10.4 Å². The topological polar surface area (TPSA) is 66.8 Å². The van der Waals surface area contributed by atoms with Crippen molar-refractivity contribution < 1.29 is 19.7 Å². The Balaban J connectivity index is 4.08. The lowest BCUT2D eigenvalue weighted by molar-refractivity contribution is -0.155. The van der Waals surface area contributed by atoms with E-state index < -0.39 is 26.8 Å². The minimum atomic E-state index is -1.30. The molecule has 0 unspecified atom stereocenters. The van der Waals surface area contributed by atoms with Gasteiger partial charge in [0, 0.05) is 7.11 Å². The number of halogens is 4. The summed E-state index contributed by atoms with van der Waals surface area (Å²) in [5.74, 6) is -1.20. The molecule has 0 bridgehead atoms. The number of alkyl halides is 4. The summed E-state index contributed by atoms with van der Waals surface area (Å²) in [6.07, 6.45) is -0.648. The first kappa shape index (κ1) is 19.6. The molecule has 4 nitrogen and oxygen atoms in total. The van der Waals surface area contributed by atoms with Crippen LogP contribution in [0.25, 0.3) is 0 Å². The van der Waals surface area contributed by atoms with Gasteiger partial charge in [-0.15, -0.1) is 0 Å². The number of aliphatic carboxylic acids is 1. The predicted molar refractivity (Wildman–Crippen MR) is 77.5 cm³/mol. The minimum absolute atomic E-state index is 0.260. The fourth-order valence-electron chi connectivity index (χ4n) is 1.49. The molecule has 2 N–H and O–H groups in total. The smallest absolute Gasteiger partial charge is 0.335 e. The van der Waals surface area contributed by atoms with Gasteiger partial charge < -0.3 is 14.9 Å². The zero-order valence-electron chi connectivity index (χ0n) is 10.7. The van der Waals surface area contributed by atoms with Gasteiger partial charge in [-0.25, -0.2) is 4.79 Å². The number of hydrogen-bond acceptors (Lipinski definition) is 3. The predicted octanol–water partition coefficient (Wildman–Crippen LogP) is 3.38. The molecule has 0 saturated heterocycles. The molecule has 0 heterocycles. The maximum atomic E-state index is 10.7. The van der Waals surface area contributed by atoms with Crippen LogP contribution in [0.15, 0.2) is 0 Å². The maximum absolute atomic E-state index is 10.7. The van der Waals surface area contributed by atoms with E-state index in [0.29, 0.717) is 19.3 Å². The number of aliphatic hydroxyl groups excluding tert-OH is 1. The molecular weight excluding hydrogens is 338 g/mol. The molecule has 0 saturated carbocycles. The van der Waals surface area contributed by atoms with Crippen molar-refractivity contribution in [2.24, 2.45) is 0 Å². The molecule has 19 heavy (non-hydrogen) atoms. The van der Waals surface area contributed by atoms with Crippen LogP contribution in [0.3, 0.4) is 0 Å². The third-order valence-electron chi connectivity index (χ3n) is 2.73. The summed E-state index contributed by atoms with van der Waals surface area (Å²) in [5, 5.41) is 18.4. The van der Waals surface area contributed by atoms with Gasteiger partial charge in [-0.2, -0.15) is 0 Å². The van der Waals surface area contributed by atoms with E-state index in [1.165, 1.54) is 14.0 Å². The van der Waals surface area contributed by atoms with E-state index in [2.05, 4.69) is 4.74 Å². The number of ether oxygens (including phenoxy) is 1. The first-order valence-electron chi connectivity index (χ1n) is 5.72. The molecule has 0 aliphatic heterocycles. The third-order valence-corrected chi connectivity index (χ3v) is 4.90. The van der Waals surface area contributed by atoms with E-state index in [4.69, 9.17) is 51.5 Å². The summed E-state index contributed by atoms with van der Waals surface area (Å²) in [6, 6.07) is 0. The van der Waals surface area contributed by atoms with Gasteiger partial charge in [0.1, 0.15) is 4.33 Å². The van der Waals surface area contributed by atoms with Gasteiger partial charge in [0.2, 0.25) is 0 Å². The molecule has 0 aromatic rings. The number of hydrogen-bond donors (Lipinski definition) is 2. The van der Waals surface area contributed by atoms with E-state index in [9.17, 15) is 9.90 Å². The summed E-state index contributed by atoms with van der Waals surface area (Å²) >= 11 is 23.6. The van der Waals surface area contributed by atoms with Crippen molar-refractivity contribution in [3.63, 3.8) is 0 Å². The molecule has 0 amide bonds. The molecular formula is C11H18Cl4O4. The van der Waals surface area contributed by atoms with Gasteiger partial charge >= 0.3 is 5.97 Å². The average Bonchev–Trinajstić information content (AvgIpc) is 2.23. The van der Waals surface area contributed by atoms with Gasteiger partial charge in [-0.05, 0) is 19.8 Å². The normalized spacial score (nSPS) is 16.2. The first-order valence-corrected chi connectivity index (χ1v) is 7.23. The molecule has 2 atom stereocenters. The molecule has 0 aliphatic carbocycles. The monoisotopic (exact) mass is 354 g/mol. The fraction of sp³-hybridized carbons (Fsp3) is 0.909. The van der Waals surface area contributed by atoms with Crippen LogP contribution in [-0.2, 0) is 9.53 Å². The summed E-state index contributed by atoms with van der Waals surface area (Å²) in [5.41, 5.74) is 0. The minimum Gasteiger partial charge on any atom is -0.479 e. The number of carboxylic acids is 1. The SMILES string of the molecule is CO[C@@H](C(=O)O)[C@H](O)CCCCC(Cl)(Cl)C(C)(Cl)Cl. The van der Waals surface area contributed by atoms with Gasteiger partial charge in [-0.1, -0.05) is 59.2 Å². The Kier molecular flexibility index (Phi) is 8.34. The number of unbranched alkanes of at least 4 members (excludes halogenated alkanes) is 1. The van der Waals surface area contributed by atoms with Crippen molar-refractivity contribution >= 4 is 52.4 Å². The molecule has 0 radical (unpaired) electrons. The van der Waals surface area contributed by atoms with Crippen LogP contribution < -0.4 is 0 Å². The first-order chi connectivity index (χ1) is 8.53. The summed E-state index contributed by atoms with van der Waals surface area (Å²) in [7, 11) is 1.23. The molecule has 0 spiro atoms. The van der Waals surface area contributed by atoms with Crippen molar-refractivity contribution in [2.45, 2.75) is 53.5 Å². The van der Waals surface area contributed by atoms with Crippen molar-refractivity contribution in [2.75, 3.05) is 7.11 Å². The Morgan fingerprint density at radius 2 is 1.79 bits per heavy atom. The van der Waals surface area contributed by atoms with Crippen molar-refractivity contribution in [1.29, 1.82) is 0 Å². The summed E-state index contributed by atoms with van der Waals surface area (Å²) < 4.78 is 2.10. The van der Waals surface area contributed by atoms with Crippen LogP contribution in [0.5, 0.6) is 0 Å². The lowest BCUT2D eigenvalue weighted by Gasteiger charge is -2.29. The zero-order valence-corrected chi connectivity index (χ0v) is 13.7. The number of aliphatic hydroxyl groups is 1. The lowest BCUT2D eigenvalue weighted by Crippen LogP contribution is -2.36. The number of rotatable bonds is 9. The molecule has 8 heteroatoms. The van der Waals surface area contributed by atoms with Crippen molar-refractivity contribution in [3.8, 4) is 0 Å². The Labute approximate surface area is 132 Å².